The summed E-state index contributed by atoms with van der Waals surface area (Å²) in [5.41, 5.74) is -0.0682. The highest BCUT2D eigenvalue weighted by molar-refractivity contribution is 4.65. The Balaban J connectivity index is 3.45. The highest BCUT2D eigenvalue weighted by Gasteiger charge is 2.12. The summed E-state index contributed by atoms with van der Waals surface area (Å²) in [6.45, 7) is 11.6. The third-order valence-electron chi connectivity index (χ3n) is 2.16. The second-order valence-electron chi connectivity index (χ2n) is 4.61. The van der Waals surface area contributed by atoms with Gasteiger partial charge in [0.15, 0.2) is 0 Å². The molecule has 2 unspecified atom stereocenters. The van der Waals surface area contributed by atoms with E-state index in [2.05, 4.69) is 19.2 Å². The summed E-state index contributed by atoms with van der Waals surface area (Å²) in [7, 11) is 1.94. The van der Waals surface area contributed by atoms with Gasteiger partial charge in [0.05, 0.1) is 24.9 Å². The molecule has 0 saturated heterocycles. The first-order chi connectivity index (χ1) is 6.37. The molecule has 0 radical (unpaired) electrons. The van der Waals surface area contributed by atoms with Crippen molar-refractivity contribution in [1.82, 2.24) is 5.32 Å². The topological polar surface area (TPSA) is 30.5 Å². The molecule has 0 heterocycles. The highest BCUT2D eigenvalue weighted by atomic mass is 16.5. The molecule has 1 N–H and O–H groups in total. The van der Waals surface area contributed by atoms with Gasteiger partial charge in [-0.05, 0) is 41.7 Å². The summed E-state index contributed by atoms with van der Waals surface area (Å²) in [5, 5.41) is 3.16. The predicted molar refractivity (Wildman–Crippen MR) is 59.6 cm³/mol. The van der Waals surface area contributed by atoms with E-state index in [-0.39, 0.29) is 11.7 Å². The van der Waals surface area contributed by atoms with Crippen LogP contribution in [0.3, 0.4) is 0 Å². The number of hydrogen-bond acceptors (Lipinski definition) is 3. The lowest BCUT2D eigenvalue weighted by Crippen LogP contribution is -2.35. The average Bonchev–Trinajstić information content (AvgIpc) is 2.09. The van der Waals surface area contributed by atoms with Crippen molar-refractivity contribution in [2.45, 2.75) is 52.4 Å². The molecular formula is C11H25NO2. The van der Waals surface area contributed by atoms with Crippen molar-refractivity contribution >= 4 is 0 Å². The molecule has 0 spiro atoms. The standard InChI is InChI=1S/C11H25NO2/c1-9(12-6)10(2)13-7-8-14-11(3,4)5/h9-10,12H,7-8H2,1-6H3. The Morgan fingerprint density at radius 2 is 1.71 bits per heavy atom. The number of rotatable bonds is 6. The molecule has 0 bridgehead atoms. The summed E-state index contributed by atoms with van der Waals surface area (Å²) in [5.74, 6) is 0. The minimum absolute atomic E-state index is 0.0682. The summed E-state index contributed by atoms with van der Waals surface area (Å²) in [4.78, 5) is 0. The molecule has 3 heteroatoms. The Hall–Kier alpha value is -0.120. The minimum atomic E-state index is -0.0682. The molecule has 0 rings (SSSR count). The van der Waals surface area contributed by atoms with E-state index in [0.717, 1.165) is 0 Å². The van der Waals surface area contributed by atoms with Crippen LogP contribution in [0.5, 0.6) is 0 Å². The summed E-state index contributed by atoms with van der Waals surface area (Å²) in [6.07, 6.45) is 0.226. The fraction of sp³-hybridized carbons (Fsp3) is 1.00. The summed E-state index contributed by atoms with van der Waals surface area (Å²) < 4.78 is 11.2. The molecule has 0 aliphatic rings. The number of ether oxygens (including phenoxy) is 2. The van der Waals surface area contributed by atoms with Crippen LogP contribution < -0.4 is 5.32 Å². The van der Waals surface area contributed by atoms with E-state index in [1.54, 1.807) is 0 Å². The van der Waals surface area contributed by atoms with Crippen molar-refractivity contribution in [2.24, 2.45) is 0 Å². The molecule has 0 saturated carbocycles. The summed E-state index contributed by atoms with van der Waals surface area (Å²) in [6, 6.07) is 0.379. The Kier molecular flexibility index (Phi) is 6.33. The Bertz CT molecular complexity index is 143. The molecule has 0 fully saturated rings. The number of likely N-dealkylation sites (N-methyl/N-ethyl adjacent to an activating group) is 1. The molecule has 0 amide bonds. The van der Waals surface area contributed by atoms with Gasteiger partial charge in [-0.1, -0.05) is 0 Å². The van der Waals surface area contributed by atoms with E-state index in [4.69, 9.17) is 9.47 Å². The van der Waals surface area contributed by atoms with E-state index < -0.39 is 0 Å². The quantitative estimate of drug-likeness (QED) is 0.668. The zero-order valence-electron chi connectivity index (χ0n) is 10.4. The molecule has 3 nitrogen and oxygen atoms in total. The first-order valence-electron chi connectivity index (χ1n) is 5.29. The van der Waals surface area contributed by atoms with Gasteiger partial charge in [0.1, 0.15) is 0 Å². The van der Waals surface area contributed by atoms with Crippen LogP contribution in [0.1, 0.15) is 34.6 Å². The van der Waals surface area contributed by atoms with Gasteiger partial charge in [-0.25, -0.2) is 0 Å². The normalized spacial score (nSPS) is 16.7. The van der Waals surface area contributed by atoms with Gasteiger partial charge in [0.25, 0.3) is 0 Å². The first kappa shape index (κ1) is 13.9. The van der Waals surface area contributed by atoms with Crippen LogP contribution in [-0.4, -0.2) is 38.0 Å². The number of nitrogens with one attached hydrogen (secondary N) is 1. The van der Waals surface area contributed by atoms with Gasteiger partial charge in [-0.2, -0.15) is 0 Å². The van der Waals surface area contributed by atoms with E-state index in [0.29, 0.717) is 19.3 Å². The van der Waals surface area contributed by atoms with Crippen molar-refractivity contribution in [3.8, 4) is 0 Å². The van der Waals surface area contributed by atoms with E-state index in [9.17, 15) is 0 Å². The van der Waals surface area contributed by atoms with Gasteiger partial charge >= 0.3 is 0 Å². The maximum absolute atomic E-state index is 5.60. The fourth-order valence-corrected chi connectivity index (χ4v) is 0.961. The molecule has 0 aliphatic heterocycles. The largest absolute Gasteiger partial charge is 0.375 e. The monoisotopic (exact) mass is 203 g/mol. The van der Waals surface area contributed by atoms with Crippen LogP contribution in [0, 0.1) is 0 Å². The van der Waals surface area contributed by atoms with Crippen LogP contribution in [0.4, 0.5) is 0 Å². The van der Waals surface area contributed by atoms with Gasteiger partial charge in [0.2, 0.25) is 0 Å². The van der Waals surface area contributed by atoms with Crippen molar-refractivity contribution in [3.63, 3.8) is 0 Å². The van der Waals surface area contributed by atoms with Crippen LogP contribution in [0.25, 0.3) is 0 Å². The molecule has 0 aromatic carbocycles. The minimum Gasteiger partial charge on any atom is -0.375 e. The van der Waals surface area contributed by atoms with Crippen molar-refractivity contribution in [3.05, 3.63) is 0 Å². The molecule has 86 valence electrons. The first-order valence-corrected chi connectivity index (χ1v) is 5.29. The van der Waals surface area contributed by atoms with Crippen molar-refractivity contribution in [2.75, 3.05) is 20.3 Å². The van der Waals surface area contributed by atoms with Crippen molar-refractivity contribution < 1.29 is 9.47 Å². The van der Waals surface area contributed by atoms with Crippen LogP contribution in [0.15, 0.2) is 0 Å². The Morgan fingerprint density at radius 3 is 2.14 bits per heavy atom. The highest BCUT2D eigenvalue weighted by Crippen LogP contribution is 2.06. The lowest BCUT2D eigenvalue weighted by molar-refractivity contribution is -0.0529. The zero-order valence-corrected chi connectivity index (χ0v) is 10.4. The van der Waals surface area contributed by atoms with Gasteiger partial charge in [-0.3, -0.25) is 0 Å². The predicted octanol–water partition coefficient (Wildman–Crippen LogP) is 1.81. The lowest BCUT2D eigenvalue weighted by Gasteiger charge is -2.22. The van der Waals surface area contributed by atoms with Crippen LogP contribution in [0.2, 0.25) is 0 Å². The average molecular weight is 203 g/mol. The second kappa shape index (κ2) is 6.38. The van der Waals surface area contributed by atoms with E-state index >= 15 is 0 Å². The molecule has 0 aliphatic carbocycles. The van der Waals surface area contributed by atoms with Gasteiger partial charge in [-0.15, -0.1) is 0 Å². The van der Waals surface area contributed by atoms with Crippen LogP contribution in [-0.2, 0) is 9.47 Å². The molecular weight excluding hydrogens is 178 g/mol. The zero-order chi connectivity index (χ0) is 11.2. The molecule has 0 aromatic rings. The molecule has 0 aromatic heterocycles. The Morgan fingerprint density at radius 1 is 1.14 bits per heavy atom. The molecule has 14 heavy (non-hydrogen) atoms. The van der Waals surface area contributed by atoms with E-state index in [1.165, 1.54) is 0 Å². The lowest BCUT2D eigenvalue weighted by atomic mass is 10.2. The molecule has 2 atom stereocenters. The van der Waals surface area contributed by atoms with Gasteiger partial charge < -0.3 is 14.8 Å². The van der Waals surface area contributed by atoms with Crippen molar-refractivity contribution in [1.29, 1.82) is 0 Å². The summed E-state index contributed by atoms with van der Waals surface area (Å²) >= 11 is 0. The fourth-order valence-electron chi connectivity index (χ4n) is 0.961. The van der Waals surface area contributed by atoms with Gasteiger partial charge in [0, 0.05) is 6.04 Å². The second-order valence-corrected chi connectivity index (χ2v) is 4.61. The Labute approximate surface area is 88.2 Å². The number of hydrogen-bond donors (Lipinski definition) is 1. The third kappa shape index (κ3) is 7.30. The SMILES string of the molecule is CNC(C)C(C)OCCOC(C)(C)C. The van der Waals surface area contributed by atoms with Crippen LogP contribution >= 0.6 is 0 Å². The third-order valence-corrected chi connectivity index (χ3v) is 2.16. The maximum Gasteiger partial charge on any atom is 0.0707 e. The van der Waals surface area contributed by atoms with E-state index in [1.807, 2.05) is 27.8 Å². The smallest absolute Gasteiger partial charge is 0.0707 e. The maximum atomic E-state index is 5.60.